The number of imide groups is 1. The molecule has 1 aliphatic rings. The number of aromatic nitrogens is 8. The second-order valence-corrected chi connectivity index (χ2v) is 24.7. The summed E-state index contributed by atoms with van der Waals surface area (Å²) in [4.78, 5) is 68.3. The largest absolute Gasteiger partial charge is 0.509 e. The van der Waals surface area contributed by atoms with E-state index < -0.39 is 79.0 Å². The monoisotopic (exact) mass is 867 g/mol. The van der Waals surface area contributed by atoms with Crippen molar-refractivity contribution in [1.29, 1.82) is 0 Å². The molecule has 22 heteroatoms. The zero-order chi connectivity index (χ0) is 44.5. The van der Waals surface area contributed by atoms with Crippen LogP contribution in [0.1, 0.15) is 101 Å². The lowest BCUT2D eigenvalue weighted by Gasteiger charge is -2.34. The van der Waals surface area contributed by atoms with E-state index in [9.17, 15) is 19.2 Å². The Labute approximate surface area is 349 Å². The van der Waals surface area contributed by atoms with E-state index in [1.807, 2.05) is 0 Å². The van der Waals surface area contributed by atoms with Gasteiger partial charge in [0.1, 0.15) is 16.8 Å². The van der Waals surface area contributed by atoms with Gasteiger partial charge in [0.2, 0.25) is 11.1 Å². The van der Waals surface area contributed by atoms with E-state index in [1.165, 1.54) is 22.6 Å². The van der Waals surface area contributed by atoms with Crippen molar-refractivity contribution in [3.63, 3.8) is 0 Å². The molecule has 4 heterocycles. The smallest absolute Gasteiger partial charge is 0.443 e. The van der Waals surface area contributed by atoms with Gasteiger partial charge in [-0.2, -0.15) is 14.9 Å². The van der Waals surface area contributed by atoms with Crippen molar-refractivity contribution < 1.29 is 52.3 Å². The van der Waals surface area contributed by atoms with E-state index >= 15 is 0 Å². The lowest BCUT2D eigenvalue weighted by Crippen LogP contribution is -2.44. The Balaban J connectivity index is 1.72. The number of ketones is 1. The summed E-state index contributed by atoms with van der Waals surface area (Å²) in [6.07, 6.45) is -5.16. The minimum Gasteiger partial charge on any atom is -0.443 e. The Morgan fingerprint density at radius 3 is 2.10 bits per heavy atom. The second kappa shape index (κ2) is 17.7. The molecule has 1 unspecified atom stereocenters. The van der Waals surface area contributed by atoms with Crippen LogP contribution in [0.4, 0.5) is 20.2 Å². The number of nitrogens with zero attached hydrogens (tertiary/aromatic N) is 9. The van der Waals surface area contributed by atoms with Crippen LogP contribution in [0.15, 0.2) is 6.33 Å². The van der Waals surface area contributed by atoms with Crippen LogP contribution in [-0.4, -0.2) is 114 Å². The quantitative estimate of drug-likeness (QED) is 0.0552. The fourth-order valence-corrected chi connectivity index (χ4v) is 6.62. The van der Waals surface area contributed by atoms with E-state index in [4.69, 9.17) is 44.8 Å². The highest BCUT2D eigenvalue weighted by atomic mass is 35.5. The van der Waals surface area contributed by atoms with Crippen LogP contribution in [0, 0.1) is 5.92 Å². The number of halogens is 1. The highest BCUT2D eigenvalue weighted by molar-refractivity contribution is 6.76. The van der Waals surface area contributed by atoms with Crippen LogP contribution in [0.2, 0.25) is 31.0 Å². The molecule has 1 saturated heterocycles. The number of anilines is 1. The molecule has 1 fully saturated rings. The summed E-state index contributed by atoms with van der Waals surface area (Å²) in [5.41, 5.74) is -4.56. The first-order valence-electron chi connectivity index (χ1n) is 19.2. The van der Waals surface area contributed by atoms with Gasteiger partial charge in [-0.15, -0.1) is 15.0 Å². The van der Waals surface area contributed by atoms with Crippen molar-refractivity contribution in [1.82, 2.24) is 39.7 Å². The number of rotatable bonds is 13. The molecule has 59 heavy (non-hydrogen) atoms. The predicted octanol–water partition coefficient (Wildman–Crippen LogP) is 7.05. The number of carbonyl (C=O) groups is 4. The zero-order valence-electron chi connectivity index (χ0n) is 36.6. The molecule has 1 aliphatic heterocycles. The normalized spacial score (nSPS) is 20.6. The summed E-state index contributed by atoms with van der Waals surface area (Å²) in [5, 5.41) is 12.0. The topological polar surface area (TPSA) is 223 Å². The number of amides is 2. The first kappa shape index (κ1) is 47.4. The summed E-state index contributed by atoms with van der Waals surface area (Å²) in [6.45, 7) is 26.7. The van der Waals surface area contributed by atoms with Gasteiger partial charge in [-0.25, -0.2) is 19.4 Å². The number of imidazole rings is 1. The highest BCUT2D eigenvalue weighted by Crippen LogP contribution is 2.47. The maximum absolute atomic E-state index is 13.6. The summed E-state index contributed by atoms with van der Waals surface area (Å²) in [6, 6.07) is 0.956. The van der Waals surface area contributed by atoms with Crippen molar-refractivity contribution in [3.05, 3.63) is 17.4 Å². The zero-order valence-corrected chi connectivity index (χ0v) is 38.4. The molecule has 4 rings (SSSR count). The van der Waals surface area contributed by atoms with Crippen molar-refractivity contribution in [2.24, 2.45) is 5.92 Å². The van der Waals surface area contributed by atoms with Gasteiger partial charge in [-0.3, -0.25) is 9.36 Å². The lowest BCUT2D eigenvalue weighted by molar-refractivity contribution is -0.136. The summed E-state index contributed by atoms with van der Waals surface area (Å²) >= 11 is 6.47. The van der Waals surface area contributed by atoms with Gasteiger partial charge in [-0.05, 0) is 99.0 Å². The van der Waals surface area contributed by atoms with Gasteiger partial charge in [0, 0.05) is 20.6 Å². The van der Waals surface area contributed by atoms with Crippen molar-refractivity contribution in [3.8, 4) is 0 Å². The van der Waals surface area contributed by atoms with Crippen LogP contribution in [-0.2, 0) is 44.7 Å². The van der Waals surface area contributed by atoms with E-state index in [-0.39, 0.29) is 41.4 Å². The van der Waals surface area contributed by atoms with Crippen molar-refractivity contribution >= 4 is 60.8 Å². The molecule has 3 aromatic rings. The number of hydrogen-bond acceptors (Lipinski definition) is 17. The Hall–Kier alpha value is -4.31. The lowest BCUT2D eigenvalue weighted by atomic mass is 9.87. The minimum absolute atomic E-state index is 0.00983. The molecule has 0 saturated carbocycles. The van der Waals surface area contributed by atoms with Gasteiger partial charge in [0.05, 0.1) is 19.0 Å². The third-order valence-corrected chi connectivity index (χ3v) is 10.5. The molecule has 0 radical (unpaired) electrons. The maximum atomic E-state index is 13.6. The van der Waals surface area contributed by atoms with Crippen LogP contribution in [0.5, 0.6) is 0 Å². The van der Waals surface area contributed by atoms with Gasteiger partial charge in [-0.1, -0.05) is 26.6 Å². The van der Waals surface area contributed by atoms with E-state index in [2.05, 4.69) is 50.0 Å². The molecule has 3 aromatic heterocycles. The first-order valence-corrected chi connectivity index (χ1v) is 23.3. The summed E-state index contributed by atoms with van der Waals surface area (Å²) in [5.74, 6) is -1.35. The molecule has 0 aliphatic carbocycles. The van der Waals surface area contributed by atoms with Crippen LogP contribution in [0.25, 0.3) is 11.2 Å². The summed E-state index contributed by atoms with van der Waals surface area (Å²) in [7, 11) is -1.31. The number of Topliss-reactive ketones (excluding diaryl/α,β-unsaturated/α-hetero) is 1. The maximum Gasteiger partial charge on any atom is 0.509 e. The van der Waals surface area contributed by atoms with Gasteiger partial charge in [0.25, 0.3) is 0 Å². The van der Waals surface area contributed by atoms with E-state index in [0.717, 1.165) is 6.04 Å². The minimum atomic E-state index is -1.53. The molecule has 0 bridgehead atoms. The van der Waals surface area contributed by atoms with E-state index in [1.54, 1.807) is 76.2 Å². The standard InChI is InChI=1S/C37H58ClN9O11Si/c1-21-23(18-53-25(22(2)48)26-42-44-46(43-26)20-52-16-17-59(13,14)15)54-29(37(21,12)58-33(51)57-36(9,10)11)45-19-39-24-27(45)40-30(38)41-28(24)47(31(49)55-34(3,4)5)32(50)56-35(6,7)8/h19,21,23,25,29H,16-18,20H2,1-15H3/t21-,23-,25?,29-,37-/m1/s1. The first-order chi connectivity index (χ1) is 27.0. The fourth-order valence-electron chi connectivity index (χ4n) is 5.70. The molecule has 20 nitrogen and oxygen atoms in total. The number of fused-ring (bicyclic) bond motifs is 1. The Morgan fingerprint density at radius 2 is 1.56 bits per heavy atom. The predicted molar refractivity (Wildman–Crippen MR) is 215 cm³/mol. The molecule has 0 N–H and O–H groups in total. The van der Waals surface area contributed by atoms with Crippen LogP contribution < -0.4 is 4.90 Å². The number of ether oxygens (including phenoxy) is 7. The molecular formula is C37H58ClN9O11Si. The number of tetrazole rings is 1. The molecule has 5 atom stereocenters. The second-order valence-electron chi connectivity index (χ2n) is 18.7. The Kier molecular flexibility index (Phi) is 14.2. The van der Waals surface area contributed by atoms with Crippen LogP contribution in [0.3, 0.4) is 0 Å². The van der Waals surface area contributed by atoms with Gasteiger partial charge in [0.15, 0.2) is 47.4 Å². The third-order valence-electron chi connectivity index (χ3n) is 8.64. The summed E-state index contributed by atoms with van der Waals surface area (Å²) < 4.78 is 42.6. The molecule has 0 spiro atoms. The third kappa shape index (κ3) is 12.6. The molecular weight excluding hydrogens is 810 g/mol. The average Bonchev–Trinajstić information content (AvgIpc) is 3.73. The van der Waals surface area contributed by atoms with Gasteiger partial charge < -0.3 is 33.2 Å². The highest BCUT2D eigenvalue weighted by Gasteiger charge is 2.57. The van der Waals surface area contributed by atoms with Gasteiger partial charge >= 0.3 is 18.3 Å². The van der Waals surface area contributed by atoms with Crippen molar-refractivity contribution in [2.75, 3.05) is 18.1 Å². The van der Waals surface area contributed by atoms with E-state index in [0.29, 0.717) is 11.5 Å². The van der Waals surface area contributed by atoms with Crippen LogP contribution >= 0.6 is 11.6 Å². The Morgan fingerprint density at radius 1 is 0.966 bits per heavy atom. The molecule has 328 valence electrons. The molecule has 2 amide bonds. The Bertz CT molecular complexity index is 1970. The average molecular weight is 868 g/mol. The number of hydrogen-bond donors (Lipinski definition) is 0. The van der Waals surface area contributed by atoms with Crippen molar-refractivity contribution in [2.45, 2.75) is 156 Å². The fraction of sp³-hybridized carbons (Fsp3) is 0.730. The number of carbonyl (C=O) groups excluding carboxylic acids is 4. The SMILES string of the molecule is CC(=O)C(OC[C@H]1O[C@@H](n2cnc3c(N(C(=O)OC(C)(C)C)C(=O)OC(C)(C)C)nc(Cl)nc32)[C@](C)(OC(=O)OC(C)(C)C)[C@@H]1C)c1nnn(COCC[Si](C)(C)C)n1. The molecule has 0 aromatic carbocycles.